The van der Waals surface area contributed by atoms with Gasteiger partial charge in [0.25, 0.3) is 0 Å². The Morgan fingerprint density at radius 3 is 3.05 bits per heavy atom. The number of hydrogen-bond donors (Lipinski definition) is 0. The van der Waals surface area contributed by atoms with Gasteiger partial charge >= 0.3 is 0 Å². The summed E-state index contributed by atoms with van der Waals surface area (Å²) in [4.78, 5) is 17.3. The lowest BCUT2D eigenvalue weighted by molar-refractivity contribution is -0.136. The second kappa shape index (κ2) is 6.63. The van der Waals surface area contributed by atoms with Crippen LogP contribution in [0.15, 0.2) is 4.52 Å². The monoisotopic (exact) mass is 269 g/mol. The fraction of sp³-hybridized carbons (Fsp3) is 0.750. The van der Waals surface area contributed by atoms with Gasteiger partial charge in [-0.15, -0.1) is 0 Å². The summed E-state index contributed by atoms with van der Waals surface area (Å²) in [6, 6.07) is 0. The van der Waals surface area contributed by atoms with Crippen LogP contribution in [0.1, 0.15) is 24.6 Å². The van der Waals surface area contributed by atoms with E-state index in [0.29, 0.717) is 24.9 Å². The van der Waals surface area contributed by atoms with E-state index < -0.39 is 0 Å². The largest absolute Gasteiger partial charge is 0.376 e. The van der Waals surface area contributed by atoms with Crippen molar-refractivity contribution in [2.75, 3.05) is 26.9 Å². The lowest BCUT2D eigenvalue weighted by Crippen LogP contribution is -2.31. The first kappa shape index (κ1) is 14.0. The SMILES string of the molecule is Cc1noc(CN(C)C(=O)COC[C@@H]2CCCO2)n1. The van der Waals surface area contributed by atoms with Crippen LogP contribution in [0, 0.1) is 6.92 Å². The van der Waals surface area contributed by atoms with E-state index in [2.05, 4.69) is 10.1 Å². The summed E-state index contributed by atoms with van der Waals surface area (Å²) in [5.41, 5.74) is 0. The van der Waals surface area contributed by atoms with Crippen molar-refractivity contribution in [2.45, 2.75) is 32.4 Å². The Morgan fingerprint density at radius 2 is 2.42 bits per heavy atom. The van der Waals surface area contributed by atoms with E-state index in [4.69, 9.17) is 14.0 Å². The Hall–Kier alpha value is -1.47. The van der Waals surface area contributed by atoms with Crippen LogP contribution >= 0.6 is 0 Å². The molecule has 1 aliphatic rings. The van der Waals surface area contributed by atoms with Gasteiger partial charge in [0.2, 0.25) is 11.8 Å². The molecule has 19 heavy (non-hydrogen) atoms. The average molecular weight is 269 g/mol. The molecule has 1 fully saturated rings. The number of likely N-dealkylation sites (N-methyl/N-ethyl adjacent to an activating group) is 1. The highest BCUT2D eigenvalue weighted by Gasteiger charge is 2.17. The van der Waals surface area contributed by atoms with E-state index in [1.54, 1.807) is 14.0 Å². The number of ether oxygens (including phenoxy) is 2. The van der Waals surface area contributed by atoms with Gasteiger partial charge in [-0.1, -0.05) is 5.16 Å². The number of aryl methyl sites for hydroxylation is 1. The van der Waals surface area contributed by atoms with Crippen LogP contribution < -0.4 is 0 Å². The number of amides is 1. The second-order valence-electron chi connectivity index (χ2n) is 4.64. The molecule has 0 saturated carbocycles. The van der Waals surface area contributed by atoms with Crippen LogP contribution in [-0.4, -0.2) is 53.9 Å². The second-order valence-corrected chi connectivity index (χ2v) is 4.64. The molecule has 106 valence electrons. The fourth-order valence-corrected chi connectivity index (χ4v) is 1.86. The topological polar surface area (TPSA) is 77.7 Å². The van der Waals surface area contributed by atoms with Crippen molar-refractivity contribution in [2.24, 2.45) is 0 Å². The van der Waals surface area contributed by atoms with Crippen LogP contribution in [0.25, 0.3) is 0 Å². The molecule has 2 heterocycles. The lowest BCUT2D eigenvalue weighted by atomic mass is 10.2. The van der Waals surface area contributed by atoms with Crippen LogP contribution in [0.3, 0.4) is 0 Å². The first-order valence-electron chi connectivity index (χ1n) is 6.37. The third kappa shape index (κ3) is 4.29. The molecular formula is C12H19N3O4. The molecule has 1 atom stereocenters. The molecule has 0 aliphatic carbocycles. The van der Waals surface area contributed by atoms with Crippen LogP contribution in [0.5, 0.6) is 0 Å². The molecule has 0 bridgehead atoms. The summed E-state index contributed by atoms with van der Waals surface area (Å²) in [6.45, 7) is 3.34. The first-order chi connectivity index (χ1) is 9.15. The van der Waals surface area contributed by atoms with Gasteiger partial charge in [0.1, 0.15) is 6.61 Å². The normalized spacial score (nSPS) is 18.7. The Bertz CT molecular complexity index is 415. The molecule has 0 unspecified atom stereocenters. The van der Waals surface area contributed by atoms with Crippen LogP contribution in [-0.2, 0) is 20.8 Å². The number of hydrogen-bond acceptors (Lipinski definition) is 6. The minimum absolute atomic E-state index is 0.0451. The van der Waals surface area contributed by atoms with E-state index in [1.807, 2.05) is 0 Å². The highest BCUT2D eigenvalue weighted by molar-refractivity contribution is 5.77. The fourth-order valence-electron chi connectivity index (χ4n) is 1.86. The summed E-state index contributed by atoms with van der Waals surface area (Å²) in [5, 5.41) is 3.67. The van der Waals surface area contributed by atoms with Gasteiger partial charge in [0.05, 0.1) is 19.3 Å². The molecule has 7 nitrogen and oxygen atoms in total. The minimum atomic E-state index is -0.117. The van der Waals surface area contributed by atoms with Gasteiger partial charge in [-0.05, 0) is 19.8 Å². The molecule has 0 aromatic carbocycles. The van der Waals surface area contributed by atoms with E-state index >= 15 is 0 Å². The van der Waals surface area contributed by atoms with Gasteiger partial charge in [-0.25, -0.2) is 0 Å². The molecule has 1 amide bonds. The number of carbonyl (C=O) groups excluding carboxylic acids is 1. The lowest BCUT2D eigenvalue weighted by Gasteiger charge is -2.15. The van der Waals surface area contributed by atoms with Crippen molar-refractivity contribution in [3.63, 3.8) is 0 Å². The molecule has 0 radical (unpaired) electrons. The highest BCUT2D eigenvalue weighted by atomic mass is 16.5. The van der Waals surface area contributed by atoms with Crippen molar-refractivity contribution in [3.05, 3.63) is 11.7 Å². The zero-order valence-electron chi connectivity index (χ0n) is 11.3. The third-order valence-corrected chi connectivity index (χ3v) is 2.92. The van der Waals surface area contributed by atoms with E-state index in [-0.39, 0.29) is 18.6 Å². The predicted octanol–water partition coefficient (Wildman–Crippen LogP) is 0.532. The molecule has 0 N–H and O–H groups in total. The van der Waals surface area contributed by atoms with Gasteiger partial charge in [0, 0.05) is 13.7 Å². The van der Waals surface area contributed by atoms with Crippen molar-refractivity contribution in [3.8, 4) is 0 Å². The molecule has 1 aromatic heterocycles. The molecule has 0 spiro atoms. The first-order valence-corrected chi connectivity index (χ1v) is 6.37. The van der Waals surface area contributed by atoms with Crippen LogP contribution in [0.2, 0.25) is 0 Å². The maximum Gasteiger partial charge on any atom is 0.248 e. The van der Waals surface area contributed by atoms with Gasteiger partial charge in [-0.3, -0.25) is 4.79 Å². The Labute approximate surface area is 111 Å². The number of aromatic nitrogens is 2. The van der Waals surface area contributed by atoms with Crippen molar-refractivity contribution in [1.29, 1.82) is 0 Å². The summed E-state index contributed by atoms with van der Waals surface area (Å²) in [6.07, 6.45) is 2.21. The van der Waals surface area contributed by atoms with Crippen LogP contribution in [0.4, 0.5) is 0 Å². The molecule has 7 heteroatoms. The molecule has 1 aromatic rings. The van der Waals surface area contributed by atoms with Gasteiger partial charge < -0.3 is 18.9 Å². The van der Waals surface area contributed by atoms with Gasteiger partial charge in [0.15, 0.2) is 5.82 Å². The summed E-state index contributed by atoms with van der Waals surface area (Å²) >= 11 is 0. The Kier molecular flexibility index (Phi) is 4.86. The Balaban J connectivity index is 1.67. The zero-order chi connectivity index (χ0) is 13.7. The predicted molar refractivity (Wildman–Crippen MR) is 65.3 cm³/mol. The van der Waals surface area contributed by atoms with E-state index in [1.165, 1.54) is 4.90 Å². The number of carbonyl (C=O) groups is 1. The molecule has 1 saturated heterocycles. The highest BCUT2D eigenvalue weighted by Crippen LogP contribution is 2.11. The van der Waals surface area contributed by atoms with E-state index in [9.17, 15) is 4.79 Å². The molecule has 1 aliphatic heterocycles. The standard InChI is InChI=1S/C12H19N3O4/c1-9-13-11(19-14-9)6-15(2)12(16)8-17-7-10-4-3-5-18-10/h10H,3-8H2,1-2H3/t10-/m0/s1. The quantitative estimate of drug-likeness (QED) is 0.749. The number of nitrogens with zero attached hydrogens (tertiary/aromatic N) is 3. The van der Waals surface area contributed by atoms with E-state index in [0.717, 1.165) is 19.4 Å². The number of rotatable bonds is 6. The van der Waals surface area contributed by atoms with Crippen molar-refractivity contribution < 1.29 is 18.8 Å². The Morgan fingerprint density at radius 1 is 1.58 bits per heavy atom. The summed E-state index contributed by atoms with van der Waals surface area (Å²) in [7, 11) is 1.68. The molecule has 2 rings (SSSR count). The van der Waals surface area contributed by atoms with Gasteiger partial charge in [-0.2, -0.15) is 4.98 Å². The van der Waals surface area contributed by atoms with Crippen molar-refractivity contribution >= 4 is 5.91 Å². The smallest absolute Gasteiger partial charge is 0.248 e. The average Bonchev–Trinajstić information content (AvgIpc) is 3.01. The zero-order valence-corrected chi connectivity index (χ0v) is 11.3. The minimum Gasteiger partial charge on any atom is -0.376 e. The molecular weight excluding hydrogens is 250 g/mol. The van der Waals surface area contributed by atoms with Crippen molar-refractivity contribution in [1.82, 2.24) is 15.0 Å². The maximum absolute atomic E-state index is 11.8. The maximum atomic E-state index is 11.8. The summed E-state index contributed by atoms with van der Waals surface area (Å²) < 4.78 is 15.7. The third-order valence-electron chi connectivity index (χ3n) is 2.92. The summed E-state index contributed by atoms with van der Waals surface area (Å²) in [5.74, 6) is 0.867.